The van der Waals surface area contributed by atoms with E-state index in [1.54, 1.807) is 0 Å². The molecule has 1 aliphatic heterocycles. The molecule has 0 bridgehead atoms. The maximum atomic E-state index is 13.2. The number of fused-ring (bicyclic) bond motifs is 1. The summed E-state index contributed by atoms with van der Waals surface area (Å²) in [6, 6.07) is 5.79. The van der Waals surface area contributed by atoms with E-state index in [9.17, 15) is 14.4 Å². The Morgan fingerprint density at radius 2 is 2.00 bits per heavy atom. The third-order valence-electron chi connectivity index (χ3n) is 5.01. The summed E-state index contributed by atoms with van der Waals surface area (Å²) >= 11 is 0. The van der Waals surface area contributed by atoms with Crippen molar-refractivity contribution in [3.05, 3.63) is 50.2 Å². The zero-order valence-corrected chi connectivity index (χ0v) is 17.6. The van der Waals surface area contributed by atoms with Crippen LogP contribution in [0, 0.1) is 12.8 Å². The van der Waals surface area contributed by atoms with Gasteiger partial charge < -0.3 is 15.4 Å². The van der Waals surface area contributed by atoms with E-state index < -0.39 is 17.0 Å². The molecule has 0 fully saturated rings. The van der Waals surface area contributed by atoms with Gasteiger partial charge >= 0.3 is 5.69 Å². The van der Waals surface area contributed by atoms with Gasteiger partial charge in [0.15, 0.2) is 5.78 Å². The summed E-state index contributed by atoms with van der Waals surface area (Å²) in [5, 5.41) is 0. The highest BCUT2D eigenvalue weighted by atomic mass is 16.5. The normalized spacial score (nSPS) is 15.9. The van der Waals surface area contributed by atoms with Crippen molar-refractivity contribution in [2.45, 2.75) is 40.3 Å². The van der Waals surface area contributed by atoms with E-state index in [0.29, 0.717) is 18.8 Å². The van der Waals surface area contributed by atoms with E-state index in [4.69, 9.17) is 10.5 Å². The SMILES string of the molecule is Cc1ccc2c(c1)N(CC(=O)c1c(N)n(CC(C)C)c(=O)n(C)c1=O)CC(C)O2. The number of anilines is 2. The molecule has 8 nitrogen and oxygen atoms in total. The fourth-order valence-electron chi connectivity index (χ4n) is 3.63. The Labute approximate surface area is 169 Å². The highest BCUT2D eigenvalue weighted by Gasteiger charge is 2.28. The largest absolute Gasteiger partial charge is 0.487 e. The molecule has 0 spiro atoms. The molecule has 8 heteroatoms. The standard InChI is InChI=1S/C21H28N4O4/c1-12(2)9-25-19(22)18(20(27)23(5)21(25)28)16(26)11-24-10-14(4)29-17-7-6-13(3)8-15(17)24/h6-8,12,14H,9-11,22H2,1-5H3. The van der Waals surface area contributed by atoms with Crippen molar-refractivity contribution >= 4 is 17.3 Å². The molecule has 1 aliphatic rings. The van der Waals surface area contributed by atoms with Crippen LogP contribution in [0.2, 0.25) is 0 Å². The fourth-order valence-corrected chi connectivity index (χ4v) is 3.63. The highest BCUT2D eigenvalue weighted by molar-refractivity contribution is 6.02. The monoisotopic (exact) mass is 400 g/mol. The number of ether oxygens (including phenoxy) is 1. The zero-order valence-electron chi connectivity index (χ0n) is 17.6. The topological polar surface area (TPSA) is 99.6 Å². The Hall–Kier alpha value is -3.03. The molecular weight excluding hydrogens is 372 g/mol. The van der Waals surface area contributed by atoms with Gasteiger partial charge in [0.05, 0.1) is 18.8 Å². The van der Waals surface area contributed by atoms with Crippen LogP contribution in [0.15, 0.2) is 27.8 Å². The lowest BCUT2D eigenvalue weighted by Gasteiger charge is -2.34. The quantitative estimate of drug-likeness (QED) is 0.765. The second kappa shape index (κ2) is 7.77. The van der Waals surface area contributed by atoms with Gasteiger partial charge in [-0.1, -0.05) is 19.9 Å². The average molecular weight is 400 g/mol. The van der Waals surface area contributed by atoms with Gasteiger partial charge in [-0.2, -0.15) is 0 Å². The molecule has 1 aromatic heterocycles. The molecule has 0 saturated heterocycles. The summed E-state index contributed by atoms with van der Waals surface area (Å²) in [7, 11) is 1.37. The summed E-state index contributed by atoms with van der Waals surface area (Å²) < 4.78 is 8.12. The van der Waals surface area contributed by atoms with E-state index in [0.717, 1.165) is 15.8 Å². The van der Waals surface area contributed by atoms with Gasteiger partial charge in [0, 0.05) is 13.6 Å². The number of carbonyl (C=O) groups excluding carboxylic acids is 1. The number of nitrogen functional groups attached to an aromatic ring is 1. The van der Waals surface area contributed by atoms with E-state index in [1.165, 1.54) is 11.6 Å². The summed E-state index contributed by atoms with van der Waals surface area (Å²) in [5.74, 6) is 0.350. The summed E-state index contributed by atoms with van der Waals surface area (Å²) in [6.07, 6.45) is -0.104. The molecule has 1 unspecified atom stereocenters. The third kappa shape index (κ3) is 3.92. The molecule has 0 amide bonds. The summed E-state index contributed by atoms with van der Waals surface area (Å²) in [4.78, 5) is 40.2. The van der Waals surface area contributed by atoms with E-state index in [2.05, 4.69) is 0 Å². The molecule has 0 saturated carbocycles. The molecule has 2 heterocycles. The number of hydrogen-bond acceptors (Lipinski definition) is 6. The van der Waals surface area contributed by atoms with E-state index >= 15 is 0 Å². The van der Waals surface area contributed by atoms with Crippen molar-refractivity contribution < 1.29 is 9.53 Å². The molecule has 156 valence electrons. The van der Waals surface area contributed by atoms with E-state index in [1.807, 2.05) is 50.8 Å². The minimum atomic E-state index is -0.664. The van der Waals surface area contributed by atoms with Crippen molar-refractivity contribution in [2.24, 2.45) is 13.0 Å². The number of ketones is 1. The van der Waals surface area contributed by atoms with Gasteiger partial charge in [0.2, 0.25) is 0 Å². The van der Waals surface area contributed by atoms with E-state index in [-0.39, 0.29) is 29.9 Å². The molecule has 2 N–H and O–H groups in total. The number of aryl methyl sites for hydroxylation is 1. The van der Waals surface area contributed by atoms with Crippen LogP contribution in [0.3, 0.4) is 0 Å². The predicted molar refractivity (Wildman–Crippen MR) is 113 cm³/mol. The van der Waals surface area contributed by atoms with Crippen LogP contribution in [-0.2, 0) is 13.6 Å². The minimum Gasteiger partial charge on any atom is -0.487 e. The van der Waals surface area contributed by atoms with Crippen LogP contribution in [0.25, 0.3) is 0 Å². The van der Waals surface area contributed by atoms with Crippen LogP contribution >= 0.6 is 0 Å². The number of nitrogens with zero attached hydrogens (tertiary/aromatic N) is 3. The fraction of sp³-hybridized carbons (Fsp3) is 0.476. The summed E-state index contributed by atoms with van der Waals surface area (Å²) in [6.45, 7) is 8.58. The first-order chi connectivity index (χ1) is 13.6. The van der Waals surface area contributed by atoms with Crippen molar-refractivity contribution in [1.29, 1.82) is 0 Å². The lowest BCUT2D eigenvalue weighted by atomic mass is 10.1. The molecule has 1 atom stereocenters. The van der Waals surface area contributed by atoms with Gasteiger partial charge in [-0.25, -0.2) is 4.79 Å². The first-order valence-corrected chi connectivity index (χ1v) is 9.74. The average Bonchev–Trinajstić information content (AvgIpc) is 2.64. The second-order valence-corrected chi connectivity index (χ2v) is 8.11. The molecule has 0 radical (unpaired) electrons. The Kier molecular flexibility index (Phi) is 5.55. The number of hydrogen-bond donors (Lipinski definition) is 1. The molecule has 29 heavy (non-hydrogen) atoms. The third-order valence-corrected chi connectivity index (χ3v) is 5.01. The molecule has 0 aliphatic carbocycles. The number of benzene rings is 1. The maximum Gasteiger partial charge on any atom is 0.332 e. The number of rotatable bonds is 5. The zero-order chi connectivity index (χ0) is 21.5. The van der Waals surface area contributed by atoms with Crippen molar-refractivity contribution in [1.82, 2.24) is 9.13 Å². The minimum absolute atomic E-state index is 0.0243. The predicted octanol–water partition coefficient (Wildman–Crippen LogP) is 1.56. The molecular formula is C21H28N4O4. The maximum absolute atomic E-state index is 13.2. The van der Waals surface area contributed by atoms with Crippen molar-refractivity contribution in [3.63, 3.8) is 0 Å². The van der Waals surface area contributed by atoms with Gasteiger partial charge in [-0.05, 0) is 37.5 Å². The first-order valence-electron chi connectivity index (χ1n) is 9.74. The summed E-state index contributed by atoms with van der Waals surface area (Å²) in [5.41, 5.74) is 6.67. The Balaban J connectivity index is 2.03. The van der Waals surface area contributed by atoms with Crippen LogP contribution in [0.5, 0.6) is 5.75 Å². The van der Waals surface area contributed by atoms with Crippen molar-refractivity contribution in [3.8, 4) is 5.75 Å². The van der Waals surface area contributed by atoms with Crippen molar-refractivity contribution in [2.75, 3.05) is 23.7 Å². The Morgan fingerprint density at radius 3 is 2.66 bits per heavy atom. The molecule has 3 rings (SSSR count). The lowest BCUT2D eigenvalue weighted by molar-refractivity contribution is 0.0992. The van der Waals surface area contributed by atoms with Gasteiger partial charge in [0.25, 0.3) is 5.56 Å². The van der Waals surface area contributed by atoms with Crippen LogP contribution in [0.4, 0.5) is 11.5 Å². The lowest BCUT2D eigenvalue weighted by Crippen LogP contribution is -2.46. The molecule has 2 aromatic rings. The number of aromatic nitrogens is 2. The smallest absolute Gasteiger partial charge is 0.332 e. The second-order valence-electron chi connectivity index (χ2n) is 8.11. The van der Waals surface area contributed by atoms with Crippen LogP contribution in [-0.4, -0.2) is 34.1 Å². The highest BCUT2D eigenvalue weighted by Crippen LogP contribution is 2.34. The van der Waals surface area contributed by atoms with Gasteiger partial charge in [-0.3, -0.25) is 18.7 Å². The molecule has 1 aromatic carbocycles. The van der Waals surface area contributed by atoms with Gasteiger partial charge in [-0.15, -0.1) is 0 Å². The van der Waals surface area contributed by atoms with Gasteiger partial charge in [0.1, 0.15) is 23.2 Å². The Bertz CT molecular complexity index is 1070. The number of carbonyl (C=O) groups is 1. The Morgan fingerprint density at radius 1 is 1.31 bits per heavy atom. The number of nitrogens with two attached hydrogens (primary N) is 1. The first kappa shape index (κ1) is 20.7. The van der Waals surface area contributed by atoms with Crippen LogP contribution in [0.1, 0.15) is 36.7 Å². The number of Topliss-reactive ketones (excluding diaryl/α,β-unsaturated/α-hetero) is 1. The van der Waals surface area contributed by atoms with Crippen LogP contribution < -0.4 is 26.6 Å².